The number of aryl methyl sites for hydroxylation is 1. The first kappa shape index (κ1) is 11.1. The van der Waals surface area contributed by atoms with Gasteiger partial charge < -0.3 is 10.2 Å². The predicted molar refractivity (Wildman–Crippen MR) is 64.9 cm³/mol. The van der Waals surface area contributed by atoms with Crippen molar-refractivity contribution in [3.8, 4) is 0 Å². The standard InChI is InChI=1S/C12H19NOS/c1-9-5-6-14-11(9)8-15-12-4-2-3-10(12)7-13/h5-6,10,12H,2-4,7-8,13H2,1H3. The number of nitrogens with two attached hydrogens (primary N) is 1. The Kier molecular flexibility index (Phi) is 3.76. The molecule has 0 amide bonds. The molecule has 1 aromatic rings. The van der Waals surface area contributed by atoms with Crippen molar-refractivity contribution >= 4 is 11.8 Å². The fraction of sp³-hybridized carbons (Fsp3) is 0.667. The predicted octanol–water partition coefficient (Wildman–Crippen LogP) is 2.95. The summed E-state index contributed by atoms with van der Waals surface area (Å²) in [6.07, 6.45) is 5.76. The van der Waals surface area contributed by atoms with Crippen LogP contribution in [0, 0.1) is 12.8 Å². The molecule has 1 aliphatic rings. The molecule has 3 heteroatoms. The van der Waals surface area contributed by atoms with Crippen LogP contribution in [0.5, 0.6) is 0 Å². The van der Waals surface area contributed by atoms with Gasteiger partial charge in [-0.15, -0.1) is 0 Å². The first-order valence-corrected chi connectivity index (χ1v) is 6.70. The van der Waals surface area contributed by atoms with E-state index in [0.717, 1.165) is 29.2 Å². The van der Waals surface area contributed by atoms with Crippen LogP contribution in [0.15, 0.2) is 16.7 Å². The van der Waals surface area contributed by atoms with Crippen LogP contribution in [0.4, 0.5) is 0 Å². The van der Waals surface area contributed by atoms with Crippen LogP contribution in [-0.2, 0) is 5.75 Å². The van der Waals surface area contributed by atoms with Crippen LogP contribution in [0.3, 0.4) is 0 Å². The molecule has 1 fully saturated rings. The largest absolute Gasteiger partial charge is 0.468 e. The van der Waals surface area contributed by atoms with E-state index >= 15 is 0 Å². The lowest BCUT2D eigenvalue weighted by Gasteiger charge is -2.16. The highest BCUT2D eigenvalue weighted by Gasteiger charge is 2.26. The van der Waals surface area contributed by atoms with Crippen molar-refractivity contribution in [2.75, 3.05) is 6.54 Å². The lowest BCUT2D eigenvalue weighted by Crippen LogP contribution is -2.20. The molecule has 1 aliphatic carbocycles. The van der Waals surface area contributed by atoms with E-state index in [9.17, 15) is 0 Å². The molecule has 0 bridgehead atoms. The average molecular weight is 225 g/mol. The third-order valence-corrected chi connectivity index (χ3v) is 4.77. The van der Waals surface area contributed by atoms with Gasteiger partial charge in [-0.05, 0) is 43.9 Å². The Balaban J connectivity index is 1.85. The lowest BCUT2D eigenvalue weighted by atomic mass is 10.1. The highest BCUT2D eigenvalue weighted by molar-refractivity contribution is 7.99. The van der Waals surface area contributed by atoms with Gasteiger partial charge in [0.2, 0.25) is 0 Å². The van der Waals surface area contributed by atoms with E-state index in [0.29, 0.717) is 0 Å². The molecule has 15 heavy (non-hydrogen) atoms. The smallest absolute Gasteiger partial charge is 0.116 e. The van der Waals surface area contributed by atoms with Crippen molar-refractivity contribution in [2.24, 2.45) is 11.7 Å². The number of hydrogen-bond acceptors (Lipinski definition) is 3. The number of thioether (sulfide) groups is 1. The second-order valence-electron chi connectivity index (χ2n) is 4.30. The highest BCUT2D eigenvalue weighted by Crippen LogP contribution is 2.36. The number of rotatable bonds is 4. The molecular formula is C12H19NOS. The number of furan rings is 1. The molecular weight excluding hydrogens is 206 g/mol. The summed E-state index contributed by atoms with van der Waals surface area (Å²) in [5.41, 5.74) is 7.03. The van der Waals surface area contributed by atoms with Gasteiger partial charge in [-0.3, -0.25) is 0 Å². The molecule has 84 valence electrons. The first-order chi connectivity index (χ1) is 7.31. The maximum atomic E-state index is 5.77. The third-order valence-electron chi connectivity index (χ3n) is 3.29. The number of hydrogen-bond donors (Lipinski definition) is 1. The maximum absolute atomic E-state index is 5.77. The zero-order valence-electron chi connectivity index (χ0n) is 9.24. The minimum absolute atomic E-state index is 0.727. The molecule has 1 heterocycles. The van der Waals surface area contributed by atoms with Gasteiger partial charge in [0, 0.05) is 5.25 Å². The van der Waals surface area contributed by atoms with Crippen LogP contribution >= 0.6 is 11.8 Å². The SMILES string of the molecule is Cc1ccoc1CSC1CCCC1CN. The van der Waals surface area contributed by atoms with Crippen molar-refractivity contribution in [3.05, 3.63) is 23.7 Å². The molecule has 2 atom stereocenters. The molecule has 0 aliphatic heterocycles. The van der Waals surface area contributed by atoms with Gasteiger partial charge in [0.25, 0.3) is 0 Å². The van der Waals surface area contributed by atoms with E-state index in [1.54, 1.807) is 6.26 Å². The molecule has 1 saturated carbocycles. The third kappa shape index (κ3) is 2.58. The van der Waals surface area contributed by atoms with E-state index in [1.807, 2.05) is 17.8 Å². The first-order valence-electron chi connectivity index (χ1n) is 5.66. The Morgan fingerprint density at radius 3 is 3.07 bits per heavy atom. The molecule has 0 radical (unpaired) electrons. The van der Waals surface area contributed by atoms with Crippen molar-refractivity contribution in [2.45, 2.75) is 37.2 Å². The Hall–Kier alpha value is -0.410. The van der Waals surface area contributed by atoms with Crippen LogP contribution in [0.25, 0.3) is 0 Å². The van der Waals surface area contributed by atoms with Crippen molar-refractivity contribution in [1.82, 2.24) is 0 Å². The monoisotopic (exact) mass is 225 g/mol. The Morgan fingerprint density at radius 2 is 2.40 bits per heavy atom. The molecule has 0 aromatic carbocycles. The summed E-state index contributed by atoms with van der Waals surface area (Å²) in [5, 5.41) is 0.750. The summed E-state index contributed by atoms with van der Waals surface area (Å²) in [6.45, 7) is 2.95. The van der Waals surface area contributed by atoms with E-state index < -0.39 is 0 Å². The summed E-state index contributed by atoms with van der Waals surface area (Å²) < 4.78 is 5.44. The fourth-order valence-electron chi connectivity index (χ4n) is 2.23. The minimum atomic E-state index is 0.727. The quantitative estimate of drug-likeness (QED) is 0.856. The Labute approximate surface area is 95.6 Å². The van der Waals surface area contributed by atoms with Gasteiger partial charge in [0.1, 0.15) is 5.76 Å². The van der Waals surface area contributed by atoms with Crippen LogP contribution < -0.4 is 5.73 Å². The molecule has 2 N–H and O–H groups in total. The van der Waals surface area contributed by atoms with Gasteiger partial charge in [-0.25, -0.2) is 0 Å². The molecule has 1 aromatic heterocycles. The summed E-state index contributed by atoms with van der Waals surface area (Å²) in [6, 6.07) is 2.03. The lowest BCUT2D eigenvalue weighted by molar-refractivity contribution is 0.526. The topological polar surface area (TPSA) is 39.2 Å². The second-order valence-corrected chi connectivity index (χ2v) is 5.53. The molecule has 0 spiro atoms. The van der Waals surface area contributed by atoms with Crippen molar-refractivity contribution < 1.29 is 4.42 Å². The molecule has 0 saturated heterocycles. The van der Waals surface area contributed by atoms with E-state index in [1.165, 1.54) is 24.8 Å². The van der Waals surface area contributed by atoms with Crippen molar-refractivity contribution in [3.63, 3.8) is 0 Å². The zero-order chi connectivity index (χ0) is 10.7. The summed E-state index contributed by atoms with van der Waals surface area (Å²) in [5.74, 6) is 2.85. The summed E-state index contributed by atoms with van der Waals surface area (Å²) in [4.78, 5) is 0. The van der Waals surface area contributed by atoms with Gasteiger partial charge in [0.05, 0.1) is 12.0 Å². The molecule has 2 rings (SSSR count). The van der Waals surface area contributed by atoms with Gasteiger partial charge in [-0.1, -0.05) is 6.42 Å². The van der Waals surface area contributed by atoms with Crippen molar-refractivity contribution in [1.29, 1.82) is 0 Å². The molecule has 2 nitrogen and oxygen atoms in total. The fourth-order valence-corrected chi connectivity index (χ4v) is 3.74. The van der Waals surface area contributed by atoms with Gasteiger partial charge >= 0.3 is 0 Å². The van der Waals surface area contributed by atoms with E-state index in [-0.39, 0.29) is 0 Å². The van der Waals surface area contributed by atoms with Crippen LogP contribution in [-0.4, -0.2) is 11.8 Å². The van der Waals surface area contributed by atoms with E-state index in [2.05, 4.69) is 6.92 Å². The Bertz CT molecular complexity index is 310. The Morgan fingerprint density at radius 1 is 1.53 bits per heavy atom. The minimum Gasteiger partial charge on any atom is -0.468 e. The second kappa shape index (κ2) is 5.08. The molecule has 2 unspecified atom stereocenters. The van der Waals surface area contributed by atoms with Gasteiger partial charge in [0.15, 0.2) is 0 Å². The summed E-state index contributed by atoms with van der Waals surface area (Å²) in [7, 11) is 0. The summed E-state index contributed by atoms with van der Waals surface area (Å²) >= 11 is 2.01. The van der Waals surface area contributed by atoms with Crippen LogP contribution in [0.2, 0.25) is 0 Å². The highest BCUT2D eigenvalue weighted by atomic mass is 32.2. The van der Waals surface area contributed by atoms with Crippen LogP contribution in [0.1, 0.15) is 30.6 Å². The normalized spacial score (nSPS) is 26.0. The van der Waals surface area contributed by atoms with Gasteiger partial charge in [-0.2, -0.15) is 11.8 Å². The average Bonchev–Trinajstić information content (AvgIpc) is 2.83. The van der Waals surface area contributed by atoms with E-state index in [4.69, 9.17) is 10.2 Å². The zero-order valence-corrected chi connectivity index (χ0v) is 10.1. The maximum Gasteiger partial charge on any atom is 0.116 e.